The Kier molecular flexibility index (Phi) is 5.28. The number of methoxy groups -OCH3 is 1. The van der Waals surface area contributed by atoms with Gasteiger partial charge in [-0.05, 0) is 36.5 Å². The minimum absolute atomic E-state index is 0.232. The van der Waals surface area contributed by atoms with Gasteiger partial charge in [-0.25, -0.2) is 0 Å². The van der Waals surface area contributed by atoms with E-state index in [1.165, 1.54) is 0 Å². The molecule has 3 nitrogen and oxygen atoms in total. The number of ether oxygens (including phenoxy) is 1. The van der Waals surface area contributed by atoms with Crippen LogP contribution >= 0.6 is 11.6 Å². The summed E-state index contributed by atoms with van der Waals surface area (Å²) >= 11 is 5.95. The normalized spacial score (nSPS) is 16.0. The predicted octanol–water partition coefficient (Wildman–Crippen LogP) is 3.50. The first-order valence-electron chi connectivity index (χ1n) is 7.54. The van der Waals surface area contributed by atoms with Crippen molar-refractivity contribution >= 4 is 17.5 Å². The third-order valence-corrected chi connectivity index (χ3v) is 4.25. The van der Waals surface area contributed by atoms with Crippen molar-refractivity contribution in [1.29, 1.82) is 0 Å². The molecule has 0 heterocycles. The van der Waals surface area contributed by atoms with E-state index in [2.05, 4.69) is 13.8 Å². The molecule has 0 aliphatic heterocycles. The maximum Gasteiger partial charge on any atom is 0.233 e. The monoisotopic (exact) mass is 309 g/mol. The summed E-state index contributed by atoms with van der Waals surface area (Å²) in [6.45, 7) is 6.28. The third kappa shape index (κ3) is 3.78. The number of rotatable bonds is 7. The van der Waals surface area contributed by atoms with E-state index in [-0.39, 0.29) is 11.3 Å². The minimum Gasteiger partial charge on any atom is -0.383 e. The second-order valence-electron chi connectivity index (χ2n) is 6.23. The van der Waals surface area contributed by atoms with Gasteiger partial charge >= 0.3 is 0 Å². The zero-order valence-electron chi connectivity index (χ0n) is 13.1. The number of benzene rings is 1. The Hall–Kier alpha value is -1.06. The summed E-state index contributed by atoms with van der Waals surface area (Å²) in [7, 11) is 1.67. The highest BCUT2D eigenvalue weighted by Gasteiger charge is 2.52. The van der Waals surface area contributed by atoms with Crippen LogP contribution in [0.15, 0.2) is 24.3 Å². The highest BCUT2D eigenvalue weighted by molar-refractivity contribution is 6.30. The second-order valence-corrected chi connectivity index (χ2v) is 6.66. The van der Waals surface area contributed by atoms with Gasteiger partial charge in [0.05, 0.1) is 12.0 Å². The number of carbonyl (C=O) groups is 1. The Labute approximate surface area is 132 Å². The number of hydrogen-bond acceptors (Lipinski definition) is 2. The maximum atomic E-state index is 13.0. The molecule has 0 N–H and O–H groups in total. The highest BCUT2D eigenvalue weighted by Crippen LogP contribution is 2.49. The fourth-order valence-corrected chi connectivity index (χ4v) is 2.87. The fourth-order valence-electron chi connectivity index (χ4n) is 2.74. The van der Waals surface area contributed by atoms with Crippen molar-refractivity contribution < 1.29 is 9.53 Å². The summed E-state index contributed by atoms with van der Waals surface area (Å²) in [6.07, 6.45) is 1.85. The summed E-state index contributed by atoms with van der Waals surface area (Å²) in [5.74, 6) is 0.683. The molecule has 1 aromatic carbocycles. The summed E-state index contributed by atoms with van der Waals surface area (Å²) in [5.41, 5.74) is 0.760. The lowest BCUT2D eigenvalue weighted by molar-refractivity contribution is -0.135. The smallest absolute Gasteiger partial charge is 0.233 e. The van der Waals surface area contributed by atoms with Crippen LogP contribution in [0.1, 0.15) is 32.3 Å². The molecule has 0 bridgehead atoms. The van der Waals surface area contributed by atoms with Crippen LogP contribution in [0.25, 0.3) is 0 Å². The summed E-state index contributed by atoms with van der Waals surface area (Å²) in [4.78, 5) is 14.9. The van der Waals surface area contributed by atoms with E-state index < -0.39 is 0 Å². The van der Waals surface area contributed by atoms with E-state index in [0.29, 0.717) is 24.1 Å². The number of halogens is 1. The van der Waals surface area contributed by atoms with Crippen molar-refractivity contribution in [2.45, 2.75) is 32.1 Å². The molecule has 0 spiro atoms. The lowest BCUT2D eigenvalue weighted by atomic mass is 9.94. The van der Waals surface area contributed by atoms with Crippen LogP contribution in [-0.4, -0.2) is 37.6 Å². The number of hydrogen-bond donors (Lipinski definition) is 0. The van der Waals surface area contributed by atoms with Gasteiger partial charge in [0.2, 0.25) is 5.91 Å². The van der Waals surface area contributed by atoms with E-state index in [4.69, 9.17) is 16.3 Å². The Morgan fingerprint density at radius 1 is 1.33 bits per heavy atom. The van der Waals surface area contributed by atoms with Crippen molar-refractivity contribution in [3.05, 3.63) is 34.9 Å². The van der Waals surface area contributed by atoms with Crippen molar-refractivity contribution in [3.8, 4) is 0 Å². The van der Waals surface area contributed by atoms with Gasteiger partial charge in [-0.2, -0.15) is 0 Å². The molecule has 1 aromatic rings. The average molecular weight is 310 g/mol. The number of nitrogens with zero attached hydrogens (tertiary/aromatic N) is 1. The first-order chi connectivity index (χ1) is 9.99. The van der Waals surface area contributed by atoms with Gasteiger partial charge in [0.25, 0.3) is 0 Å². The van der Waals surface area contributed by atoms with Crippen LogP contribution in [0.2, 0.25) is 5.02 Å². The summed E-state index contributed by atoms with van der Waals surface area (Å²) in [6, 6.07) is 7.70. The molecule has 2 rings (SSSR count). The molecule has 0 saturated heterocycles. The van der Waals surface area contributed by atoms with E-state index in [0.717, 1.165) is 24.9 Å². The van der Waals surface area contributed by atoms with Gasteiger partial charge in [0, 0.05) is 25.2 Å². The van der Waals surface area contributed by atoms with E-state index >= 15 is 0 Å². The fraction of sp³-hybridized carbons (Fsp3) is 0.588. The molecule has 0 aromatic heterocycles. The van der Waals surface area contributed by atoms with Crippen LogP contribution in [0.4, 0.5) is 0 Å². The quantitative estimate of drug-likeness (QED) is 0.771. The van der Waals surface area contributed by atoms with Crippen LogP contribution < -0.4 is 0 Å². The summed E-state index contributed by atoms with van der Waals surface area (Å²) < 4.78 is 5.15. The molecule has 4 heteroatoms. The molecule has 1 aliphatic carbocycles. The lowest BCUT2D eigenvalue weighted by Crippen LogP contribution is -2.43. The van der Waals surface area contributed by atoms with Crippen molar-refractivity contribution in [3.63, 3.8) is 0 Å². The van der Waals surface area contributed by atoms with E-state index in [1.54, 1.807) is 7.11 Å². The molecule has 1 amide bonds. The topological polar surface area (TPSA) is 29.5 Å². The van der Waals surface area contributed by atoms with Crippen LogP contribution in [0.5, 0.6) is 0 Å². The van der Waals surface area contributed by atoms with Crippen LogP contribution in [0.3, 0.4) is 0 Å². The molecule has 1 aliphatic rings. The van der Waals surface area contributed by atoms with Gasteiger partial charge in [0.1, 0.15) is 0 Å². The Balaban J connectivity index is 2.16. The minimum atomic E-state index is -0.326. The van der Waals surface area contributed by atoms with E-state index in [9.17, 15) is 4.79 Å². The van der Waals surface area contributed by atoms with Crippen molar-refractivity contribution in [2.24, 2.45) is 5.92 Å². The van der Waals surface area contributed by atoms with Gasteiger partial charge in [-0.3, -0.25) is 4.79 Å². The highest BCUT2D eigenvalue weighted by atomic mass is 35.5. The molecule has 21 heavy (non-hydrogen) atoms. The third-order valence-electron chi connectivity index (χ3n) is 3.99. The molecule has 0 unspecified atom stereocenters. The van der Waals surface area contributed by atoms with Gasteiger partial charge in [-0.1, -0.05) is 37.6 Å². The molecular formula is C17H24ClNO2. The molecular weight excluding hydrogens is 286 g/mol. The summed E-state index contributed by atoms with van der Waals surface area (Å²) in [5, 5.41) is 0.709. The number of amides is 1. The standard InChI is InChI=1S/C17H24ClNO2/c1-13(2)12-19(10-11-21-3)16(20)17(8-9-17)14-4-6-15(18)7-5-14/h4-7,13H,8-12H2,1-3H3. The zero-order chi connectivity index (χ0) is 15.5. The van der Waals surface area contributed by atoms with Gasteiger partial charge < -0.3 is 9.64 Å². The van der Waals surface area contributed by atoms with Crippen LogP contribution in [0, 0.1) is 5.92 Å². The Morgan fingerprint density at radius 2 is 1.95 bits per heavy atom. The van der Waals surface area contributed by atoms with Gasteiger partial charge in [-0.15, -0.1) is 0 Å². The zero-order valence-corrected chi connectivity index (χ0v) is 13.8. The van der Waals surface area contributed by atoms with Crippen molar-refractivity contribution in [2.75, 3.05) is 26.8 Å². The van der Waals surface area contributed by atoms with Crippen LogP contribution in [-0.2, 0) is 14.9 Å². The second kappa shape index (κ2) is 6.80. The first-order valence-corrected chi connectivity index (χ1v) is 7.92. The molecule has 0 atom stereocenters. The average Bonchev–Trinajstić information content (AvgIpc) is 3.24. The molecule has 116 valence electrons. The Bertz CT molecular complexity index is 480. The number of carbonyl (C=O) groups excluding carboxylic acids is 1. The molecule has 1 fully saturated rings. The lowest BCUT2D eigenvalue weighted by Gasteiger charge is -2.29. The predicted molar refractivity (Wildman–Crippen MR) is 85.7 cm³/mol. The Morgan fingerprint density at radius 3 is 2.43 bits per heavy atom. The van der Waals surface area contributed by atoms with E-state index in [1.807, 2.05) is 29.2 Å². The van der Waals surface area contributed by atoms with Gasteiger partial charge in [0.15, 0.2) is 0 Å². The first kappa shape index (κ1) is 16.3. The SMILES string of the molecule is COCCN(CC(C)C)C(=O)C1(c2ccc(Cl)cc2)CC1. The molecule has 1 saturated carbocycles. The van der Waals surface area contributed by atoms with Crippen molar-refractivity contribution in [1.82, 2.24) is 4.90 Å². The maximum absolute atomic E-state index is 13.0. The largest absolute Gasteiger partial charge is 0.383 e. The molecule has 0 radical (unpaired) electrons.